The Balaban J connectivity index is 0.00000302. The first-order chi connectivity index (χ1) is 19.6. The minimum absolute atomic E-state index is 0. The van der Waals surface area contributed by atoms with Crippen molar-refractivity contribution in [3.63, 3.8) is 0 Å². The van der Waals surface area contributed by atoms with Crippen molar-refractivity contribution in [1.82, 2.24) is 24.6 Å². The maximum Gasteiger partial charge on any atom is 0.254 e. The molecule has 4 saturated heterocycles. The van der Waals surface area contributed by atoms with E-state index in [1.165, 1.54) is 12.8 Å². The molecule has 1 amide bonds. The van der Waals surface area contributed by atoms with Crippen molar-refractivity contribution in [3.8, 4) is 17.3 Å². The molecule has 9 heteroatoms. The topological polar surface area (TPSA) is 109 Å². The van der Waals surface area contributed by atoms with Gasteiger partial charge in [-0.15, -0.1) is 0 Å². The average molecular weight is 540 g/mol. The van der Waals surface area contributed by atoms with Crippen LogP contribution in [0, 0.1) is 17.2 Å². The third kappa shape index (κ3) is 4.86. The Morgan fingerprint density at radius 3 is 2.70 bits per heavy atom. The summed E-state index contributed by atoms with van der Waals surface area (Å²) in [6, 6.07) is 12.5. The Hall–Kier alpha value is -3.77. The molecule has 208 valence electrons. The van der Waals surface area contributed by atoms with Gasteiger partial charge in [0.25, 0.3) is 5.91 Å². The number of hydrogen-bond donors (Lipinski definition) is 1. The molecule has 5 fully saturated rings. The summed E-state index contributed by atoms with van der Waals surface area (Å²) in [5.41, 5.74) is 3.21. The fourth-order valence-corrected chi connectivity index (χ4v) is 7.45. The van der Waals surface area contributed by atoms with Gasteiger partial charge in [0.05, 0.1) is 42.6 Å². The van der Waals surface area contributed by atoms with E-state index in [2.05, 4.69) is 26.4 Å². The van der Waals surface area contributed by atoms with Gasteiger partial charge in [-0.1, -0.05) is 12.8 Å². The number of carbonyl (C=O) groups is 1. The Bertz CT molecular complexity index is 1410. The number of rotatable bonds is 7. The first-order valence-electron chi connectivity index (χ1n) is 14.7. The summed E-state index contributed by atoms with van der Waals surface area (Å²) >= 11 is 0. The molecule has 0 spiro atoms. The van der Waals surface area contributed by atoms with Crippen molar-refractivity contribution in [2.24, 2.45) is 5.92 Å². The molecule has 1 saturated carbocycles. The summed E-state index contributed by atoms with van der Waals surface area (Å²) in [7, 11) is 0. The Morgan fingerprint density at radius 2 is 1.88 bits per heavy atom. The maximum absolute atomic E-state index is 13.5. The molecule has 4 aliphatic heterocycles. The molecular weight excluding hydrogens is 502 g/mol. The van der Waals surface area contributed by atoms with Crippen LogP contribution in [0.4, 0.5) is 11.6 Å². The second kappa shape index (κ2) is 10.7. The molecule has 0 radical (unpaired) electrons. The zero-order valence-corrected chi connectivity index (χ0v) is 22.7. The number of fused-ring (bicyclic) bond motifs is 1. The zero-order chi connectivity index (χ0) is 27.1. The second-order valence-corrected chi connectivity index (χ2v) is 11.8. The van der Waals surface area contributed by atoms with Crippen molar-refractivity contribution in [1.29, 1.82) is 5.26 Å². The summed E-state index contributed by atoms with van der Waals surface area (Å²) in [6.07, 6.45) is 16.4. The predicted molar refractivity (Wildman–Crippen MR) is 152 cm³/mol. The number of nitrogens with zero attached hydrogens (tertiary/aromatic N) is 6. The van der Waals surface area contributed by atoms with Crippen LogP contribution in [0.3, 0.4) is 0 Å². The molecule has 1 N–H and O–H groups in total. The van der Waals surface area contributed by atoms with Gasteiger partial charge in [-0.25, -0.2) is 9.97 Å². The van der Waals surface area contributed by atoms with Crippen molar-refractivity contribution < 1.29 is 11.0 Å². The monoisotopic (exact) mass is 539 g/mol. The highest BCUT2D eigenvalue weighted by molar-refractivity contribution is 5.95. The number of anilines is 2. The van der Waals surface area contributed by atoms with E-state index in [4.69, 9.17) is 9.72 Å². The average Bonchev–Trinajstić information content (AvgIpc) is 3.64. The summed E-state index contributed by atoms with van der Waals surface area (Å²) in [6.45, 7) is 0. The second-order valence-electron chi connectivity index (χ2n) is 11.8. The van der Waals surface area contributed by atoms with E-state index in [-0.39, 0.29) is 19.4 Å². The lowest BCUT2D eigenvalue weighted by Crippen LogP contribution is -2.55. The molecule has 5 aliphatic rings. The fraction of sp³-hybridized carbons (Fsp3) is 0.516. The molecule has 2 aromatic heterocycles. The van der Waals surface area contributed by atoms with Gasteiger partial charge < -0.3 is 15.0 Å². The van der Waals surface area contributed by atoms with Crippen molar-refractivity contribution in [2.75, 3.05) is 5.32 Å². The maximum atomic E-state index is 13.5. The highest BCUT2D eigenvalue weighted by atomic mass is 16.5. The summed E-state index contributed by atoms with van der Waals surface area (Å²) in [5.74, 6) is 1.11. The van der Waals surface area contributed by atoms with Gasteiger partial charge in [0, 0.05) is 42.7 Å². The van der Waals surface area contributed by atoms with E-state index in [1.807, 2.05) is 47.4 Å². The molecule has 4 bridgehead atoms. The normalized spacial score (nSPS) is 26.4. The minimum Gasteiger partial charge on any atom is -0.375 e. The molecule has 5 atom stereocenters. The molecule has 6 heterocycles. The number of aromatic nitrogens is 4. The zero-order valence-electron chi connectivity index (χ0n) is 22.7. The summed E-state index contributed by atoms with van der Waals surface area (Å²) < 4.78 is 8.11. The lowest BCUT2D eigenvalue weighted by molar-refractivity contribution is -0.0973. The third-order valence-electron chi connectivity index (χ3n) is 9.36. The van der Waals surface area contributed by atoms with Gasteiger partial charge in [0.2, 0.25) is 5.95 Å². The third-order valence-corrected chi connectivity index (χ3v) is 9.36. The molecule has 9 nitrogen and oxygen atoms in total. The first kappa shape index (κ1) is 25.2. The van der Waals surface area contributed by atoms with Crippen LogP contribution in [0.15, 0.2) is 48.9 Å². The van der Waals surface area contributed by atoms with E-state index >= 15 is 0 Å². The molecule has 40 heavy (non-hydrogen) atoms. The lowest BCUT2D eigenvalue weighted by atomic mass is 9.89. The van der Waals surface area contributed by atoms with E-state index < -0.39 is 0 Å². The van der Waals surface area contributed by atoms with Gasteiger partial charge in [-0.3, -0.25) is 9.48 Å². The number of hydrogen-bond acceptors (Lipinski definition) is 7. The van der Waals surface area contributed by atoms with Crippen LogP contribution in [0.25, 0.3) is 11.3 Å². The van der Waals surface area contributed by atoms with Crippen molar-refractivity contribution in [2.45, 2.75) is 94.5 Å². The van der Waals surface area contributed by atoms with Gasteiger partial charge in [0.1, 0.15) is 0 Å². The summed E-state index contributed by atoms with van der Waals surface area (Å²) in [4.78, 5) is 24.8. The molecular formula is C31H37N7O2. The smallest absolute Gasteiger partial charge is 0.254 e. The number of nitriles is 1. The predicted octanol–water partition coefficient (Wildman–Crippen LogP) is 5.90. The van der Waals surface area contributed by atoms with Crippen LogP contribution >= 0.6 is 0 Å². The Morgan fingerprint density at radius 1 is 1.07 bits per heavy atom. The van der Waals surface area contributed by atoms with Gasteiger partial charge in [0.15, 0.2) is 0 Å². The van der Waals surface area contributed by atoms with E-state index in [9.17, 15) is 10.1 Å². The standard InChI is InChI=1S/C31H35N7O2.H2/c32-13-11-29(20-3-1-2-4-20)37-19-22(18-34-37)28-12-14-33-31(36-28)35-23-7-5-21(6-8-23)30(39)38-24-9-10-26-16-25(38)17-27(15-24)40-26;/h5-8,12,14,18-20,24-27,29H,1-4,9-11,15-17H2,(H,33,35,36);1H. The quantitative estimate of drug-likeness (QED) is 0.398. The highest BCUT2D eigenvalue weighted by Crippen LogP contribution is 2.41. The van der Waals surface area contributed by atoms with Crippen LogP contribution in [0.2, 0.25) is 0 Å². The minimum atomic E-state index is 0. The van der Waals surface area contributed by atoms with Gasteiger partial charge in [-0.2, -0.15) is 10.4 Å². The van der Waals surface area contributed by atoms with Crippen molar-refractivity contribution in [3.05, 3.63) is 54.5 Å². The highest BCUT2D eigenvalue weighted by Gasteiger charge is 2.46. The molecule has 5 unspecified atom stereocenters. The number of benzene rings is 1. The van der Waals surface area contributed by atoms with Gasteiger partial charge in [-0.05, 0) is 81.2 Å². The Labute approximate surface area is 236 Å². The first-order valence-corrected chi connectivity index (χ1v) is 14.7. The van der Waals surface area contributed by atoms with Crippen molar-refractivity contribution >= 4 is 17.5 Å². The summed E-state index contributed by atoms with van der Waals surface area (Å²) in [5, 5.41) is 17.3. The van der Waals surface area contributed by atoms with Crippen LogP contribution < -0.4 is 5.32 Å². The Kier molecular flexibility index (Phi) is 6.72. The fourth-order valence-electron chi connectivity index (χ4n) is 7.45. The number of carbonyl (C=O) groups excluding carboxylic acids is 1. The van der Waals surface area contributed by atoms with E-state index in [1.54, 1.807) is 6.20 Å². The van der Waals surface area contributed by atoms with Crippen LogP contribution in [-0.2, 0) is 4.74 Å². The van der Waals surface area contributed by atoms with Gasteiger partial charge >= 0.3 is 0 Å². The van der Waals surface area contributed by atoms with E-state index in [0.29, 0.717) is 36.5 Å². The van der Waals surface area contributed by atoms with Crippen LogP contribution in [-0.4, -0.2) is 54.8 Å². The number of ether oxygens (including phenoxy) is 1. The number of piperidine rings is 1. The molecule has 8 rings (SSSR count). The van der Waals surface area contributed by atoms with E-state index in [0.717, 1.165) is 67.5 Å². The molecule has 1 aliphatic carbocycles. The SMILES string of the molecule is N#CCC(C1CCCC1)n1cc(-c2ccnc(Nc3ccc(C(=O)N4C5CCC6CC4CC(C5)O6)cc3)n2)cn1.[HH]. The van der Waals surface area contributed by atoms with Crippen LogP contribution in [0.1, 0.15) is 82.0 Å². The number of amides is 1. The molecule has 1 aromatic carbocycles. The van der Waals surface area contributed by atoms with Crippen LogP contribution in [0.5, 0.6) is 0 Å². The molecule has 3 aromatic rings. The lowest BCUT2D eigenvalue weighted by Gasteiger charge is -2.47. The largest absolute Gasteiger partial charge is 0.375 e. The number of nitrogens with one attached hydrogen (secondary N) is 1.